The van der Waals surface area contributed by atoms with E-state index in [0.717, 1.165) is 30.0 Å². The van der Waals surface area contributed by atoms with E-state index in [1.165, 1.54) is 31.7 Å². The first-order chi connectivity index (χ1) is 9.15. The maximum Gasteiger partial charge on any atom is 0.292 e. The SMILES string of the molecule is Nc1cc(NCC(C2CC2)C2CC2)ccc1[N+](=O)[O-]. The minimum atomic E-state index is -0.448. The molecule has 2 aliphatic rings. The minimum Gasteiger partial charge on any atom is -0.393 e. The lowest BCUT2D eigenvalue weighted by Crippen LogP contribution is -2.18. The van der Waals surface area contributed by atoms with Gasteiger partial charge in [-0.3, -0.25) is 10.1 Å². The number of hydrogen-bond donors (Lipinski definition) is 2. The van der Waals surface area contributed by atoms with Gasteiger partial charge in [0, 0.05) is 18.3 Å². The molecule has 2 aliphatic carbocycles. The Morgan fingerprint density at radius 3 is 2.42 bits per heavy atom. The smallest absolute Gasteiger partial charge is 0.292 e. The highest BCUT2D eigenvalue weighted by molar-refractivity contribution is 5.65. The molecule has 0 radical (unpaired) electrons. The molecule has 0 saturated heterocycles. The Labute approximate surface area is 112 Å². The largest absolute Gasteiger partial charge is 0.393 e. The van der Waals surface area contributed by atoms with Crippen molar-refractivity contribution >= 4 is 17.1 Å². The first-order valence-electron chi connectivity index (χ1n) is 6.93. The molecule has 0 amide bonds. The predicted octanol–water partition coefficient (Wildman–Crippen LogP) is 3.03. The van der Waals surface area contributed by atoms with Crippen LogP contribution in [0.4, 0.5) is 17.1 Å². The summed E-state index contributed by atoms with van der Waals surface area (Å²) in [6.45, 7) is 0.965. The molecular formula is C14H19N3O2. The second-order valence-corrected chi connectivity index (χ2v) is 5.75. The molecule has 19 heavy (non-hydrogen) atoms. The van der Waals surface area contributed by atoms with Gasteiger partial charge in [-0.25, -0.2) is 0 Å². The van der Waals surface area contributed by atoms with E-state index in [1.807, 2.05) is 0 Å². The zero-order valence-corrected chi connectivity index (χ0v) is 10.8. The summed E-state index contributed by atoms with van der Waals surface area (Å²) in [5, 5.41) is 14.1. The number of nitrogens with zero attached hydrogens (tertiary/aromatic N) is 1. The van der Waals surface area contributed by atoms with Crippen LogP contribution in [-0.2, 0) is 0 Å². The first kappa shape index (κ1) is 12.3. The van der Waals surface area contributed by atoms with Crippen molar-refractivity contribution in [3.8, 4) is 0 Å². The number of benzene rings is 1. The Kier molecular flexibility index (Phi) is 3.05. The fraction of sp³-hybridized carbons (Fsp3) is 0.571. The summed E-state index contributed by atoms with van der Waals surface area (Å²) in [4.78, 5) is 10.3. The molecule has 5 nitrogen and oxygen atoms in total. The molecule has 1 aromatic rings. The van der Waals surface area contributed by atoms with Gasteiger partial charge in [-0.2, -0.15) is 0 Å². The Hall–Kier alpha value is -1.78. The van der Waals surface area contributed by atoms with E-state index in [9.17, 15) is 10.1 Å². The molecule has 5 heteroatoms. The number of nitrogens with two attached hydrogens (primary N) is 1. The molecule has 0 unspecified atom stereocenters. The van der Waals surface area contributed by atoms with Crippen molar-refractivity contribution in [1.29, 1.82) is 0 Å². The van der Waals surface area contributed by atoms with Gasteiger partial charge in [0.2, 0.25) is 0 Å². The van der Waals surface area contributed by atoms with Crippen LogP contribution in [0.3, 0.4) is 0 Å². The average molecular weight is 261 g/mol. The fourth-order valence-electron chi connectivity index (χ4n) is 2.83. The van der Waals surface area contributed by atoms with Crippen LogP contribution < -0.4 is 11.1 Å². The zero-order valence-electron chi connectivity index (χ0n) is 10.8. The van der Waals surface area contributed by atoms with Crippen molar-refractivity contribution in [3.63, 3.8) is 0 Å². The number of nitro groups is 1. The van der Waals surface area contributed by atoms with Gasteiger partial charge < -0.3 is 11.1 Å². The van der Waals surface area contributed by atoms with E-state index in [4.69, 9.17) is 5.73 Å². The van der Waals surface area contributed by atoms with E-state index < -0.39 is 4.92 Å². The highest BCUT2D eigenvalue weighted by Gasteiger charge is 2.40. The molecule has 0 aromatic heterocycles. The normalized spacial score (nSPS) is 18.6. The van der Waals surface area contributed by atoms with Gasteiger partial charge >= 0.3 is 0 Å². The second kappa shape index (κ2) is 4.72. The summed E-state index contributed by atoms with van der Waals surface area (Å²) < 4.78 is 0. The number of nitrogens with one attached hydrogen (secondary N) is 1. The van der Waals surface area contributed by atoms with Crippen LogP contribution in [0.25, 0.3) is 0 Å². The molecule has 102 valence electrons. The van der Waals surface area contributed by atoms with E-state index in [2.05, 4.69) is 5.32 Å². The van der Waals surface area contributed by atoms with E-state index in [1.54, 1.807) is 12.1 Å². The summed E-state index contributed by atoms with van der Waals surface area (Å²) in [5.74, 6) is 2.57. The highest BCUT2D eigenvalue weighted by Crippen LogP contribution is 2.49. The summed E-state index contributed by atoms with van der Waals surface area (Å²) >= 11 is 0. The summed E-state index contributed by atoms with van der Waals surface area (Å²) in [6, 6.07) is 4.88. The van der Waals surface area contributed by atoms with Crippen molar-refractivity contribution in [2.24, 2.45) is 17.8 Å². The molecule has 0 heterocycles. The van der Waals surface area contributed by atoms with Gasteiger partial charge in [0.15, 0.2) is 0 Å². The fourth-order valence-corrected chi connectivity index (χ4v) is 2.83. The summed E-state index contributed by atoms with van der Waals surface area (Å²) in [7, 11) is 0. The molecular weight excluding hydrogens is 242 g/mol. The molecule has 2 saturated carbocycles. The lowest BCUT2D eigenvalue weighted by atomic mass is 9.98. The van der Waals surface area contributed by atoms with Crippen LogP contribution in [0.5, 0.6) is 0 Å². The molecule has 3 N–H and O–H groups in total. The predicted molar refractivity (Wildman–Crippen MR) is 74.9 cm³/mol. The minimum absolute atomic E-state index is 0.0218. The second-order valence-electron chi connectivity index (χ2n) is 5.75. The van der Waals surface area contributed by atoms with Gasteiger partial charge in [0.1, 0.15) is 5.69 Å². The number of nitro benzene ring substituents is 1. The van der Waals surface area contributed by atoms with Crippen LogP contribution in [0.2, 0.25) is 0 Å². The Bertz CT molecular complexity index is 483. The number of nitrogen functional groups attached to an aromatic ring is 1. The van der Waals surface area contributed by atoms with Crippen molar-refractivity contribution in [3.05, 3.63) is 28.3 Å². The van der Waals surface area contributed by atoms with Gasteiger partial charge in [0.25, 0.3) is 5.69 Å². The molecule has 0 spiro atoms. The third-order valence-corrected chi connectivity index (χ3v) is 4.22. The Morgan fingerprint density at radius 1 is 1.32 bits per heavy atom. The lowest BCUT2D eigenvalue weighted by molar-refractivity contribution is -0.383. The van der Waals surface area contributed by atoms with Gasteiger partial charge in [-0.1, -0.05) is 0 Å². The monoisotopic (exact) mass is 261 g/mol. The van der Waals surface area contributed by atoms with Crippen LogP contribution in [0.1, 0.15) is 25.7 Å². The van der Waals surface area contributed by atoms with E-state index in [-0.39, 0.29) is 11.4 Å². The molecule has 1 aromatic carbocycles. The Balaban J connectivity index is 1.63. The zero-order chi connectivity index (χ0) is 13.4. The quantitative estimate of drug-likeness (QED) is 0.468. The molecule has 3 rings (SSSR count). The summed E-state index contributed by atoms with van der Waals surface area (Å²) in [6.07, 6.45) is 5.47. The van der Waals surface area contributed by atoms with Crippen LogP contribution >= 0.6 is 0 Å². The summed E-state index contributed by atoms with van der Waals surface area (Å²) in [5.41, 5.74) is 6.78. The lowest BCUT2D eigenvalue weighted by Gasteiger charge is -2.17. The van der Waals surface area contributed by atoms with Gasteiger partial charge in [-0.05, 0) is 55.6 Å². The maximum absolute atomic E-state index is 10.7. The van der Waals surface area contributed by atoms with E-state index in [0.29, 0.717) is 0 Å². The molecule has 2 fully saturated rings. The van der Waals surface area contributed by atoms with Crippen molar-refractivity contribution in [1.82, 2.24) is 0 Å². The van der Waals surface area contributed by atoms with Crippen LogP contribution in [0.15, 0.2) is 18.2 Å². The third-order valence-electron chi connectivity index (χ3n) is 4.22. The number of anilines is 2. The maximum atomic E-state index is 10.7. The van der Waals surface area contributed by atoms with Gasteiger partial charge in [-0.15, -0.1) is 0 Å². The topological polar surface area (TPSA) is 81.2 Å². The highest BCUT2D eigenvalue weighted by atomic mass is 16.6. The first-order valence-corrected chi connectivity index (χ1v) is 6.93. The standard InChI is InChI=1S/C14H19N3O2/c15-13-7-11(5-6-14(13)17(18)19)16-8-12(9-1-2-9)10-3-4-10/h5-7,9-10,12,16H,1-4,8,15H2. The molecule has 0 aliphatic heterocycles. The number of hydrogen-bond acceptors (Lipinski definition) is 4. The van der Waals surface area contributed by atoms with E-state index >= 15 is 0 Å². The van der Waals surface area contributed by atoms with Crippen molar-refractivity contribution in [2.45, 2.75) is 25.7 Å². The van der Waals surface area contributed by atoms with Crippen molar-refractivity contribution < 1.29 is 4.92 Å². The third kappa shape index (κ3) is 2.80. The van der Waals surface area contributed by atoms with Gasteiger partial charge in [0.05, 0.1) is 4.92 Å². The van der Waals surface area contributed by atoms with Crippen molar-refractivity contribution in [2.75, 3.05) is 17.6 Å². The molecule has 0 bridgehead atoms. The van der Waals surface area contributed by atoms with Crippen LogP contribution in [-0.4, -0.2) is 11.5 Å². The van der Waals surface area contributed by atoms with Crippen LogP contribution in [0, 0.1) is 27.9 Å². The Morgan fingerprint density at radius 2 is 1.95 bits per heavy atom. The molecule has 0 atom stereocenters. The average Bonchev–Trinajstić information content (AvgIpc) is 3.23. The number of rotatable bonds is 6.